The van der Waals surface area contributed by atoms with E-state index >= 15 is 0 Å². The summed E-state index contributed by atoms with van der Waals surface area (Å²) in [5.41, 5.74) is 0.325. The standard InChI is InChI=1S/C34H28O10/c35-21-27(41-31(37)23-13-5-1-6-14-23)29(43-33(39)25-17-9-3-10-18-25)30(44-34(40)26-19-11-4-12-20-26)28(22-36)42-32(38)24-15-7-2-8-16-24/h1-21,27-30,36H,22H2/t27-,28-,29+,30+/m1/s1. The molecule has 0 radical (unpaired) electrons. The second-order valence-corrected chi connectivity index (χ2v) is 9.34. The summed E-state index contributed by atoms with van der Waals surface area (Å²) in [4.78, 5) is 65.0. The lowest BCUT2D eigenvalue weighted by Gasteiger charge is -2.34. The third-order valence-electron chi connectivity index (χ3n) is 6.35. The molecule has 0 saturated heterocycles. The molecule has 0 saturated carbocycles. The molecule has 0 aliphatic heterocycles. The fraction of sp³-hybridized carbons (Fsp3) is 0.147. The molecule has 0 amide bonds. The highest BCUT2D eigenvalue weighted by Gasteiger charge is 2.45. The smallest absolute Gasteiger partial charge is 0.338 e. The molecule has 10 nitrogen and oxygen atoms in total. The number of carbonyl (C=O) groups excluding carboxylic acids is 5. The van der Waals surface area contributed by atoms with Crippen LogP contribution in [0.3, 0.4) is 0 Å². The van der Waals surface area contributed by atoms with Gasteiger partial charge in [0.2, 0.25) is 0 Å². The van der Waals surface area contributed by atoms with Gasteiger partial charge >= 0.3 is 23.9 Å². The molecule has 0 aliphatic carbocycles. The topological polar surface area (TPSA) is 143 Å². The van der Waals surface area contributed by atoms with E-state index in [4.69, 9.17) is 18.9 Å². The lowest BCUT2D eigenvalue weighted by atomic mass is 10.0. The number of benzene rings is 4. The molecular weight excluding hydrogens is 568 g/mol. The summed E-state index contributed by atoms with van der Waals surface area (Å²) in [6, 6.07) is 30.9. The molecule has 1 N–H and O–H groups in total. The molecule has 4 aromatic carbocycles. The van der Waals surface area contributed by atoms with Crippen LogP contribution >= 0.6 is 0 Å². The van der Waals surface area contributed by atoms with Crippen molar-refractivity contribution in [2.75, 3.05) is 6.61 Å². The van der Waals surface area contributed by atoms with Gasteiger partial charge in [0.1, 0.15) is 0 Å². The van der Waals surface area contributed by atoms with Gasteiger partial charge < -0.3 is 24.1 Å². The van der Waals surface area contributed by atoms with Gasteiger partial charge in [-0.05, 0) is 48.5 Å². The lowest BCUT2D eigenvalue weighted by molar-refractivity contribution is -0.142. The average Bonchev–Trinajstić information content (AvgIpc) is 3.09. The minimum absolute atomic E-state index is 0.0616. The third-order valence-corrected chi connectivity index (χ3v) is 6.35. The Labute approximate surface area is 252 Å². The van der Waals surface area contributed by atoms with Crippen LogP contribution < -0.4 is 0 Å². The van der Waals surface area contributed by atoms with Crippen LogP contribution in [0, 0.1) is 0 Å². The lowest BCUT2D eigenvalue weighted by Crippen LogP contribution is -2.53. The number of ether oxygens (including phenoxy) is 4. The van der Waals surface area contributed by atoms with Crippen molar-refractivity contribution in [3.8, 4) is 0 Å². The van der Waals surface area contributed by atoms with Gasteiger partial charge in [0.05, 0.1) is 28.9 Å². The van der Waals surface area contributed by atoms with E-state index in [-0.39, 0.29) is 28.5 Å². The number of hydrogen-bond acceptors (Lipinski definition) is 10. The van der Waals surface area contributed by atoms with Crippen LogP contribution in [0.25, 0.3) is 0 Å². The fourth-order valence-corrected chi connectivity index (χ4v) is 4.13. The summed E-state index contributed by atoms with van der Waals surface area (Å²) in [6.07, 6.45) is -7.05. The summed E-state index contributed by atoms with van der Waals surface area (Å²) in [5, 5.41) is 10.4. The molecule has 0 spiro atoms. The Hall–Kier alpha value is -5.61. The quantitative estimate of drug-likeness (QED) is 0.136. The van der Waals surface area contributed by atoms with Crippen LogP contribution in [0.2, 0.25) is 0 Å². The highest BCUT2D eigenvalue weighted by Crippen LogP contribution is 2.23. The average molecular weight is 597 g/mol. The highest BCUT2D eigenvalue weighted by molar-refractivity contribution is 5.92. The highest BCUT2D eigenvalue weighted by atomic mass is 16.6. The molecular formula is C34H28O10. The van der Waals surface area contributed by atoms with Crippen molar-refractivity contribution in [2.24, 2.45) is 0 Å². The second kappa shape index (κ2) is 15.6. The van der Waals surface area contributed by atoms with Crippen molar-refractivity contribution < 1.29 is 48.0 Å². The van der Waals surface area contributed by atoms with Gasteiger partial charge in [-0.3, -0.25) is 4.79 Å². The molecule has 0 fully saturated rings. The Morgan fingerprint density at radius 3 is 1.16 bits per heavy atom. The van der Waals surface area contributed by atoms with Gasteiger partial charge in [-0.15, -0.1) is 0 Å². The van der Waals surface area contributed by atoms with E-state index in [1.165, 1.54) is 48.5 Å². The van der Waals surface area contributed by atoms with Gasteiger partial charge in [0.15, 0.2) is 30.7 Å². The molecule has 0 heterocycles. The molecule has 4 aromatic rings. The Morgan fingerprint density at radius 2 is 0.818 bits per heavy atom. The molecule has 4 atom stereocenters. The van der Waals surface area contributed by atoms with Crippen molar-refractivity contribution in [3.63, 3.8) is 0 Å². The first-order valence-electron chi connectivity index (χ1n) is 13.5. The maximum absolute atomic E-state index is 13.3. The van der Waals surface area contributed by atoms with Gasteiger partial charge in [-0.1, -0.05) is 72.8 Å². The van der Waals surface area contributed by atoms with E-state index in [1.54, 1.807) is 72.8 Å². The predicted octanol–water partition coefficient (Wildman–Crippen LogP) is 4.08. The zero-order valence-corrected chi connectivity index (χ0v) is 23.3. The van der Waals surface area contributed by atoms with Gasteiger partial charge in [0.25, 0.3) is 0 Å². The Bertz CT molecular complexity index is 1540. The van der Waals surface area contributed by atoms with Crippen molar-refractivity contribution >= 4 is 30.2 Å². The predicted molar refractivity (Wildman–Crippen MR) is 156 cm³/mol. The molecule has 44 heavy (non-hydrogen) atoms. The molecule has 0 unspecified atom stereocenters. The van der Waals surface area contributed by atoms with E-state index in [0.717, 1.165) is 0 Å². The number of aliphatic hydroxyl groups is 1. The maximum Gasteiger partial charge on any atom is 0.338 e. The zero-order chi connectivity index (χ0) is 31.3. The van der Waals surface area contributed by atoms with E-state index in [9.17, 15) is 29.1 Å². The molecule has 4 rings (SSSR count). The SMILES string of the molecule is O=C[C@@H](OC(=O)c1ccccc1)[C@H](OC(=O)c1ccccc1)[C@@H](OC(=O)c1ccccc1)[C@@H](CO)OC(=O)c1ccccc1. The van der Waals surface area contributed by atoms with Crippen molar-refractivity contribution in [1.82, 2.24) is 0 Å². The largest absolute Gasteiger partial charge is 0.452 e. The number of esters is 4. The number of aldehydes is 1. The summed E-state index contributed by atoms with van der Waals surface area (Å²) in [5.74, 6) is -3.77. The van der Waals surface area contributed by atoms with E-state index in [2.05, 4.69) is 0 Å². The number of carbonyl (C=O) groups is 5. The monoisotopic (exact) mass is 596 g/mol. The van der Waals surface area contributed by atoms with Gasteiger partial charge in [-0.25, -0.2) is 19.2 Å². The first-order chi connectivity index (χ1) is 21.4. The molecule has 224 valence electrons. The summed E-state index contributed by atoms with van der Waals surface area (Å²) in [6.45, 7) is -0.928. The maximum atomic E-state index is 13.3. The van der Waals surface area contributed by atoms with E-state index in [0.29, 0.717) is 0 Å². The van der Waals surface area contributed by atoms with Crippen LogP contribution in [0.15, 0.2) is 121 Å². The van der Waals surface area contributed by atoms with Crippen LogP contribution in [0.4, 0.5) is 0 Å². The Morgan fingerprint density at radius 1 is 0.500 bits per heavy atom. The molecule has 0 aromatic heterocycles. The minimum Gasteiger partial charge on any atom is -0.452 e. The first-order valence-corrected chi connectivity index (χ1v) is 13.5. The number of rotatable bonds is 13. The second-order valence-electron chi connectivity index (χ2n) is 9.34. The van der Waals surface area contributed by atoms with Crippen LogP contribution in [-0.4, -0.2) is 66.3 Å². The zero-order valence-electron chi connectivity index (χ0n) is 23.3. The van der Waals surface area contributed by atoms with Crippen LogP contribution in [0.5, 0.6) is 0 Å². The number of aliphatic hydroxyl groups excluding tert-OH is 1. The fourth-order valence-electron chi connectivity index (χ4n) is 4.13. The molecule has 0 aliphatic rings. The van der Waals surface area contributed by atoms with Crippen LogP contribution in [-0.2, 0) is 23.7 Å². The minimum atomic E-state index is -1.87. The van der Waals surface area contributed by atoms with Crippen LogP contribution in [0.1, 0.15) is 41.4 Å². The Kier molecular flexibility index (Phi) is 11.1. The van der Waals surface area contributed by atoms with E-state index in [1.807, 2.05) is 0 Å². The van der Waals surface area contributed by atoms with Gasteiger partial charge in [-0.2, -0.15) is 0 Å². The number of hydrogen-bond donors (Lipinski definition) is 1. The Balaban J connectivity index is 1.75. The molecule has 0 bridgehead atoms. The van der Waals surface area contributed by atoms with Gasteiger partial charge in [0, 0.05) is 0 Å². The summed E-state index contributed by atoms with van der Waals surface area (Å²) >= 11 is 0. The molecule has 10 heteroatoms. The third kappa shape index (κ3) is 8.24. The first kappa shape index (κ1) is 31.3. The van der Waals surface area contributed by atoms with E-state index < -0.39 is 54.9 Å². The normalized spacial score (nSPS) is 13.3. The van der Waals surface area contributed by atoms with Crippen molar-refractivity contribution in [3.05, 3.63) is 144 Å². The van der Waals surface area contributed by atoms with Crippen molar-refractivity contribution in [1.29, 1.82) is 0 Å². The summed E-state index contributed by atoms with van der Waals surface area (Å²) < 4.78 is 22.3. The van der Waals surface area contributed by atoms with Crippen molar-refractivity contribution in [2.45, 2.75) is 24.4 Å². The summed E-state index contributed by atoms with van der Waals surface area (Å²) in [7, 11) is 0.